The summed E-state index contributed by atoms with van der Waals surface area (Å²) in [5.41, 5.74) is 2.37. The van der Waals surface area contributed by atoms with Gasteiger partial charge in [0.25, 0.3) is 0 Å². The molecule has 0 heterocycles. The fourth-order valence-electron chi connectivity index (χ4n) is 0.883. The lowest BCUT2D eigenvalue weighted by molar-refractivity contribution is 0.815. The molecular formula is C10H13NS. The summed E-state index contributed by atoms with van der Waals surface area (Å²) in [5.74, 6) is 0. The van der Waals surface area contributed by atoms with Gasteiger partial charge in [0.1, 0.15) is 0 Å². The third-order valence-corrected chi connectivity index (χ3v) is 2.00. The first kappa shape index (κ1) is 9.20. The molecule has 1 N–H and O–H groups in total. The first-order chi connectivity index (χ1) is 5.83. The molecule has 1 aromatic rings. The van der Waals surface area contributed by atoms with Gasteiger partial charge in [-0.3, -0.25) is 0 Å². The van der Waals surface area contributed by atoms with Gasteiger partial charge >= 0.3 is 0 Å². The Morgan fingerprint density at radius 2 is 2.08 bits per heavy atom. The molecule has 0 bridgehead atoms. The third kappa shape index (κ3) is 3.01. The second-order valence-corrected chi connectivity index (χ2v) is 2.91. The van der Waals surface area contributed by atoms with Crippen LogP contribution in [-0.2, 0) is 6.54 Å². The average molecular weight is 179 g/mol. The number of benzene rings is 1. The summed E-state index contributed by atoms with van der Waals surface area (Å²) >= 11 is 4.04. The second kappa shape index (κ2) is 4.88. The summed E-state index contributed by atoms with van der Waals surface area (Å²) in [7, 11) is 0. The van der Waals surface area contributed by atoms with E-state index in [-0.39, 0.29) is 0 Å². The van der Waals surface area contributed by atoms with E-state index in [0.717, 1.165) is 12.2 Å². The molecule has 0 saturated heterocycles. The number of hydrogen-bond acceptors (Lipinski definition) is 2. The molecule has 0 aliphatic heterocycles. The Kier molecular flexibility index (Phi) is 3.74. The maximum absolute atomic E-state index is 4.04. The molecular weight excluding hydrogens is 166 g/mol. The number of rotatable bonds is 3. The van der Waals surface area contributed by atoms with Gasteiger partial charge in [-0.05, 0) is 17.9 Å². The summed E-state index contributed by atoms with van der Waals surface area (Å²) in [6.07, 6.45) is 0. The van der Waals surface area contributed by atoms with E-state index in [0.29, 0.717) is 0 Å². The van der Waals surface area contributed by atoms with Gasteiger partial charge in [-0.2, -0.15) is 0 Å². The molecule has 2 heteroatoms. The molecule has 0 unspecified atom stereocenters. The maximum Gasteiger partial charge on any atom is 0.0397 e. The summed E-state index contributed by atoms with van der Waals surface area (Å²) in [4.78, 5) is 0. The summed E-state index contributed by atoms with van der Waals surface area (Å²) in [6, 6.07) is 10.3. The molecule has 0 fully saturated rings. The highest BCUT2D eigenvalue weighted by Gasteiger charge is 1.89. The van der Waals surface area contributed by atoms with Crippen molar-refractivity contribution in [3.8, 4) is 0 Å². The highest BCUT2D eigenvalue weighted by Crippen LogP contribution is 1.99. The standard InChI is InChI=1S/C10H13NS/c1-9(8-12)11-7-10-5-3-2-4-6-10/h2-6,8,11-12H,7H2,1H3/b9-8-. The second-order valence-electron chi connectivity index (χ2n) is 2.65. The smallest absolute Gasteiger partial charge is 0.0397 e. The first-order valence-corrected chi connectivity index (χ1v) is 4.43. The molecule has 0 spiro atoms. The van der Waals surface area contributed by atoms with E-state index >= 15 is 0 Å². The van der Waals surface area contributed by atoms with Crippen LogP contribution >= 0.6 is 12.6 Å². The minimum Gasteiger partial charge on any atom is -0.384 e. The summed E-state index contributed by atoms with van der Waals surface area (Å²) < 4.78 is 0. The van der Waals surface area contributed by atoms with E-state index in [4.69, 9.17) is 0 Å². The summed E-state index contributed by atoms with van der Waals surface area (Å²) in [6.45, 7) is 2.86. The normalized spacial score (nSPS) is 11.3. The van der Waals surface area contributed by atoms with E-state index in [1.807, 2.05) is 25.1 Å². The fourth-order valence-corrected chi connectivity index (χ4v) is 0.974. The molecule has 64 valence electrons. The van der Waals surface area contributed by atoms with Gasteiger partial charge in [0.05, 0.1) is 0 Å². The van der Waals surface area contributed by atoms with Crippen LogP contribution in [0.2, 0.25) is 0 Å². The third-order valence-electron chi connectivity index (χ3n) is 1.61. The molecule has 1 nitrogen and oxygen atoms in total. The minimum absolute atomic E-state index is 0.865. The fraction of sp³-hybridized carbons (Fsp3) is 0.200. The monoisotopic (exact) mass is 179 g/mol. The quantitative estimate of drug-likeness (QED) is 0.680. The van der Waals surface area contributed by atoms with Crippen molar-refractivity contribution in [3.05, 3.63) is 47.0 Å². The number of allylic oxidation sites excluding steroid dienone is 1. The van der Waals surface area contributed by atoms with Gasteiger partial charge in [0.15, 0.2) is 0 Å². The Balaban J connectivity index is 2.44. The minimum atomic E-state index is 0.865. The lowest BCUT2D eigenvalue weighted by Gasteiger charge is -2.04. The SMILES string of the molecule is C/C(=C/S)NCc1ccccc1. The van der Waals surface area contributed by atoms with E-state index in [9.17, 15) is 0 Å². The Morgan fingerprint density at radius 1 is 1.42 bits per heavy atom. The number of hydrogen-bond donors (Lipinski definition) is 2. The van der Waals surface area contributed by atoms with Crippen LogP contribution in [0.25, 0.3) is 0 Å². The van der Waals surface area contributed by atoms with Crippen molar-refractivity contribution in [3.63, 3.8) is 0 Å². The van der Waals surface area contributed by atoms with Crippen molar-refractivity contribution < 1.29 is 0 Å². The van der Waals surface area contributed by atoms with Crippen molar-refractivity contribution in [1.29, 1.82) is 0 Å². The van der Waals surface area contributed by atoms with Crippen LogP contribution in [0.15, 0.2) is 41.4 Å². The van der Waals surface area contributed by atoms with E-state index in [2.05, 4.69) is 30.1 Å². The predicted molar refractivity (Wildman–Crippen MR) is 56.0 cm³/mol. The van der Waals surface area contributed by atoms with E-state index < -0.39 is 0 Å². The Bertz CT molecular complexity index is 254. The number of thiol groups is 1. The number of nitrogens with one attached hydrogen (secondary N) is 1. The average Bonchev–Trinajstić information content (AvgIpc) is 2.16. The Labute approximate surface area is 78.9 Å². The van der Waals surface area contributed by atoms with Crippen molar-refractivity contribution in [2.75, 3.05) is 0 Å². The first-order valence-electron chi connectivity index (χ1n) is 3.91. The molecule has 0 saturated carbocycles. The topological polar surface area (TPSA) is 12.0 Å². The van der Waals surface area contributed by atoms with Gasteiger partial charge in [-0.15, -0.1) is 12.6 Å². The van der Waals surface area contributed by atoms with Crippen molar-refractivity contribution >= 4 is 12.6 Å². The molecule has 1 rings (SSSR count). The highest BCUT2D eigenvalue weighted by molar-refractivity contribution is 7.83. The highest BCUT2D eigenvalue weighted by atomic mass is 32.1. The van der Waals surface area contributed by atoms with Crippen LogP contribution in [0.3, 0.4) is 0 Å². The molecule has 0 amide bonds. The van der Waals surface area contributed by atoms with Crippen LogP contribution in [0.5, 0.6) is 0 Å². The van der Waals surface area contributed by atoms with Crippen LogP contribution in [-0.4, -0.2) is 0 Å². The zero-order valence-corrected chi connectivity index (χ0v) is 8.01. The lowest BCUT2D eigenvalue weighted by atomic mass is 10.2. The largest absolute Gasteiger partial charge is 0.384 e. The van der Waals surface area contributed by atoms with Gasteiger partial charge < -0.3 is 5.32 Å². The van der Waals surface area contributed by atoms with Crippen LogP contribution in [0, 0.1) is 0 Å². The van der Waals surface area contributed by atoms with E-state index in [1.165, 1.54) is 5.56 Å². The van der Waals surface area contributed by atoms with Crippen LogP contribution in [0.1, 0.15) is 12.5 Å². The Morgan fingerprint density at radius 3 is 2.67 bits per heavy atom. The van der Waals surface area contributed by atoms with Crippen molar-refractivity contribution in [2.45, 2.75) is 13.5 Å². The van der Waals surface area contributed by atoms with Gasteiger partial charge in [0.2, 0.25) is 0 Å². The zero-order chi connectivity index (χ0) is 8.81. The molecule has 0 radical (unpaired) electrons. The Hall–Kier alpha value is -0.890. The lowest BCUT2D eigenvalue weighted by Crippen LogP contribution is -2.09. The zero-order valence-electron chi connectivity index (χ0n) is 7.12. The predicted octanol–water partition coefficient (Wildman–Crippen LogP) is 2.57. The molecule has 0 aliphatic rings. The molecule has 0 aliphatic carbocycles. The van der Waals surface area contributed by atoms with E-state index in [1.54, 1.807) is 5.41 Å². The molecule has 0 atom stereocenters. The van der Waals surface area contributed by atoms with Gasteiger partial charge in [0, 0.05) is 12.2 Å². The van der Waals surface area contributed by atoms with Crippen molar-refractivity contribution in [1.82, 2.24) is 5.32 Å². The summed E-state index contributed by atoms with van der Waals surface area (Å²) in [5, 5.41) is 5.00. The van der Waals surface area contributed by atoms with Crippen LogP contribution in [0.4, 0.5) is 0 Å². The molecule has 0 aromatic heterocycles. The van der Waals surface area contributed by atoms with Crippen LogP contribution < -0.4 is 5.32 Å². The molecule has 12 heavy (non-hydrogen) atoms. The molecule has 1 aromatic carbocycles. The van der Waals surface area contributed by atoms with Gasteiger partial charge in [-0.1, -0.05) is 30.3 Å². The van der Waals surface area contributed by atoms with Crippen molar-refractivity contribution in [2.24, 2.45) is 0 Å². The van der Waals surface area contributed by atoms with Gasteiger partial charge in [-0.25, -0.2) is 0 Å². The maximum atomic E-state index is 4.04.